The van der Waals surface area contributed by atoms with Gasteiger partial charge in [-0.05, 0) is 98.1 Å². The lowest BCUT2D eigenvalue weighted by atomic mass is 9.81. The van der Waals surface area contributed by atoms with Crippen LogP contribution in [0.25, 0.3) is 89.5 Å². The average Bonchev–Trinajstić information content (AvgIpc) is 3.50. The molecule has 0 unspecified atom stereocenters. The Labute approximate surface area is 338 Å². The Balaban J connectivity index is 1.23. The van der Waals surface area contributed by atoms with Crippen LogP contribution < -0.4 is 4.74 Å². The normalized spacial score (nSPS) is 12.9. The summed E-state index contributed by atoms with van der Waals surface area (Å²) >= 11 is 0. The van der Waals surface area contributed by atoms with Crippen LogP contribution in [0.3, 0.4) is 0 Å². The Morgan fingerprint density at radius 2 is 0.966 bits per heavy atom. The smallest absolute Gasteiger partial charge is 0.160 e. The van der Waals surface area contributed by atoms with Crippen molar-refractivity contribution >= 4 is 0 Å². The number of pyridine rings is 1. The van der Waals surface area contributed by atoms with Crippen LogP contribution >= 0.6 is 0 Å². The lowest BCUT2D eigenvalue weighted by Crippen LogP contribution is -2.15. The number of benzene rings is 7. The van der Waals surface area contributed by atoms with Crippen LogP contribution in [-0.2, 0) is 5.41 Å². The maximum Gasteiger partial charge on any atom is 0.160 e. The Hall–Kier alpha value is -7.43. The molecular formula is C54H37N3O. The molecule has 0 amide bonds. The zero-order valence-electron chi connectivity index (χ0n) is 32.1. The highest BCUT2D eigenvalue weighted by atomic mass is 16.5. The van der Waals surface area contributed by atoms with Crippen LogP contribution in [0.15, 0.2) is 188 Å². The molecule has 0 saturated carbocycles. The van der Waals surface area contributed by atoms with Gasteiger partial charge in [-0.2, -0.15) is 0 Å². The number of rotatable bonds is 3. The van der Waals surface area contributed by atoms with Crippen molar-refractivity contribution in [2.45, 2.75) is 19.3 Å². The number of para-hydroxylation sites is 1. The van der Waals surface area contributed by atoms with Crippen LogP contribution in [0.4, 0.5) is 0 Å². The first-order valence-corrected chi connectivity index (χ1v) is 19.8. The summed E-state index contributed by atoms with van der Waals surface area (Å²) in [4.78, 5) is 14.9. The van der Waals surface area contributed by atoms with Crippen molar-refractivity contribution < 1.29 is 4.74 Å². The topological polar surface area (TPSA) is 47.9 Å². The van der Waals surface area contributed by atoms with E-state index in [0.29, 0.717) is 5.82 Å². The molecule has 0 fully saturated rings. The number of aromatic nitrogens is 3. The molecule has 3 heterocycles. The molecule has 1 aliphatic heterocycles. The highest BCUT2D eigenvalue weighted by Crippen LogP contribution is 2.55. The zero-order valence-corrected chi connectivity index (χ0v) is 32.1. The van der Waals surface area contributed by atoms with Gasteiger partial charge in [-0.25, -0.2) is 9.97 Å². The van der Waals surface area contributed by atoms with E-state index >= 15 is 0 Å². The van der Waals surface area contributed by atoms with Gasteiger partial charge >= 0.3 is 0 Å². The third kappa shape index (κ3) is 5.48. The second kappa shape index (κ2) is 13.4. The van der Waals surface area contributed by atoms with Gasteiger partial charge in [0.15, 0.2) is 5.82 Å². The molecule has 1 aliphatic carbocycles. The second-order valence-corrected chi connectivity index (χ2v) is 15.6. The van der Waals surface area contributed by atoms with E-state index in [1.165, 1.54) is 22.3 Å². The van der Waals surface area contributed by atoms with Gasteiger partial charge in [0.05, 0.1) is 11.4 Å². The van der Waals surface area contributed by atoms with Gasteiger partial charge in [0.25, 0.3) is 0 Å². The molecule has 2 aromatic heterocycles. The fourth-order valence-corrected chi connectivity index (χ4v) is 8.96. The summed E-state index contributed by atoms with van der Waals surface area (Å²) in [5, 5.41) is 0. The minimum absolute atomic E-state index is 0.214. The van der Waals surface area contributed by atoms with Crippen molar-refractivity contribution in [3.63, 3.8) is 0 Å². The summed E-state index contributed by atoms with van der Waals surface area (Å²) in [6.07, 6.45) is 3.65. The first-order valence-electron chi connectivity index (χ1n) is 19.8. The predicted octanol–water partition coefficient (Wildman–Crippen LogP) is 14.0. The van der Waals surface area contributed by atoms with Gasteiger partial charge in [-0.15, -0.1) is 0 Å². The molecule has 0 radical (unpaired) electrons. The van der Waals surface area contributed by atoms with Crippen molar-refractivity contribution in [2.75, 3.05) is 0 Å². The van der Waals surface area contributed by atoms with Gasteiger partial charge in [0, 0.05) is 45.6 Å². The second-order valence-electron chi connectivity index (χ2n) is 15.6. The van der Waals surface area contributed by atoms with Crippen molar-refractivity contribution in [3.8, 4) is 101 Å². The zero-order chi connectivity index (χ0) is 38.8. The standard InChI is InChI=1S/C54H37N3O/c1-54(2)47-24-12-10-22-42(47)45-30-46-44-29-35(53-56-49(34-15-4-3-5-16-34)32-50(57-53)36-17-14-28-55-33-36)26-27-41(44)39-20-7-6-18-37(39)38-19-8-9-21-40(38)43-23-11-13-25-51(43)58-52(46)31-48(45)54/h3-33H,1-2H3. The Kier molecular flexibility index (Phi) is 7.80. The summed E-state index contributed by atoms with van der Waals surface area (Å²) in [6.45, 7) is 4.64. The molecule has 0 atom stereocenters. The Morgan fingerprint density at radius 1 is 0.379 bits per heavy atom. The van der Waals surface area contributed by atoms with E-state index in [0.717, 1.165) is 84.1 Å². The van der Waals surface area contributed by atoms with E-state index < -0.39 is 0 Å². The summed E-state index contributed by atoms with van der Waals surface area (Å²) in [5.41, 5.74) is 18.1. The monoisotopic (exact) mass is 743 g/mol. The molecule has 11 rings (SSSR count). The molecule has 7 aromatic carbocycles. The van der Waals surface area contributed by atoms with E-state index in [9.17, 15) is 0 Å². The molecule has 4 heteroatoms. The first kappa shape index (κ1) is 33.9. The molecule has 0 N–H and O–H groups in total. The van der Waals surface area contributed by atoms with Gasteiger partial charge < -0.3 is 4.74 Å². The van der Waals surface area contributed by atoms with Crippen molar-refractivity contribution in [3.05, 3.63) is 199 Å². The number of nitrogens with zero attached hydrogens (tertiary/aromatic N) is 3. The lowest BCUT2D eigenvalue weighted by molar-refractivity contribution is 0.484. The van der Waals surface area contributed by atoms with Crippen LogP contribution in [0.2, 0.25) is 0 Å². The lowest BCUT2D eigenvalue weighted by Gasteiger charge is -2.24. The average molecular weight is 744 g/mol. The quantitative estimate of drug-likeness (QED) is 0.181. The van der Waals surface area contributed by atoms with Crippen LogP contribution in [0.5, 0.6) is 11.5 Å². The summed E-state index contributed by atoms with van der Waals surface area (Å²) < 4.78 is 7.26. The van der Waals surface area contributed by atoms with E-state index in [2.05, 4.69) is 164 Å². The third-order valence-electron chi connectivity index (χ3n) is 11.8. The first-order chi connectivity index (χ1) is 28.5. The fraction of sp³-hybridized carbons (Fsp3) is 0.0556. The SMILES string of the molecule is CC1(C)c2ccccc2-c2cc3c(cc21)Oc1ccccc1-c1ccccc1-c1ccccc1-c1ccc(-c2nc(-c4ccccc4)cc(-c4cccnc4)n2)cc1-3. The highest BCUT2D eigenvalue weighted by Gasteiger charge is 2.37. The molecular weight excluding hydrogens is 707 g/mol. The van der Waals surface area contributed by atoms with Crippen molar-refractivity contribution in [2.24, 2.45) is 0 Å². The van der Waals surface area contributed by atoms with E-state index in [1.54, 1.807) is 6.20 Å². The molecule has 0 spiro atoms. The van der Waals surface area contributed by atoms with Gasteiger partial charge in [0.1, 0.15) is 11.5 Å². The summed E-state index contributed by atoms with van der Waals surface area (Å²) in [7, 11) is 0. The molecule has 274 valence electrons. The summed E-state index contributed by atoms with van der Waals surface area (Å²) in [5.74, 6) is 2.25. The largest absolute Gasteiger partial charge is 0.456 e. The predicted molar refractivity (Wildman–Crippen MR) is 236 cm³/mol. The van der Waals surface area contributed by atoms with Crippen LogP contribution in [0, 0.1) is 0 Å². The molecule has 0 saturated heterocycles. The van der Waals surface area contributed by atoms with Crippen molar-refractivity contribution in [1.29, 1.82) is 0 Å². The molecule has 0 bridgehead atoms. The fourth-order valence-electron chi connectivity index (χ4n) is 8.96. The van der Waals surface area contributed by atoms with Crippen LogP contribution in [-0.4, -0.2) is 15.0 Å². The van der Waals surface area contributed by atoms with E-state index in [1.807, 2.05) is 36.5 Å². The van der Waals surface area contributed by atoms with E-state index in [4.69, 9.17) is 14.7 Å². The maximum atomic E-state index is 7.26. The maximum absolute atomic E-state index is 7.26. The van der Waals surface area contributed by atoms with E-state index in [-0.39, 0.29) is 5.41 Å². The molecule has 58 heavy (non-hydrogen) atoms. The van der Waals surface area contributed by atoms with Crippen LogP contribution in [0.1, 0.15) is 25.0 Å². The highest BCUT2D eigenvalue weighted by molar-refractivity contribution is 6.00. The van der Waals surface area contributed by atoms with Gasteiger partial charge in [0.2, 0.25) is 0 Å². The number of hydrogen-bond acceptors (Lipinski definition) is 4. The molecule has 2 aliphatic rings. The Bertz CT molecular complexity index is 3000. The Morgan fingerprint density at radius 3 is 1.67 bits per heavy atom. The van der Waals surface area contributed by atoms with Gasteiger partial charge in [-0.3, -0.25) is 4.98 Å². The summed E-state index contributed by atoms with van der Waals surface area (Å²) in [6, 6.07) is 62.3. The minimum Gasteiger partial charge on any atom is -0.456 e. The minimum atomic E-state index is -0.214. The van der Waals surface area contributed by atoms with Gasteiger partial charge in [-0.1, -0.05) is 147 Å². The number of ether oxygens (including phenoxy) is 1. The number of hydrogen-bond donors (Lipinski definition) is 0. The van der Waals surface area contributed by atoms with Crippen molar-refractivity contribution in [1.82, 2.24) is 15.0 Å². The molecule has 4 nitrogen and oxygen atoms in total. The number of fused-ring (bicyclic) bond motifs is 12. The molecule has 9 aromatic rings. The third-order valence-corrected chi connectivity index (χ3v) is 11.8.